The Morgan fingerprint density at radius 3 is 3.20 bits per heavy atom. The molecule has 54 valence electrons. The van der Waals surface area contributed by atoms with E-state index >= 15 is 0 Å². The van der Waals surface area contributed by atoms with Crippen molar-refractivity contribution in [1.29, 1.82) is 0 Å². The molecule has 0 unspecified atom stereocenters. The van der Waals surface area contributed by atoms with Gasteiger partial charge in [0.1, 0.15) is 0 Å². The lowest BCUT2D eigenvalue weighted by atomic mass is 10.2. The van der Waals surface area contributed by atoms with Gasteiger partial charge in [0.05, 0.1) is 12.8 Å². The normalized spacial score (nSPS) is 19.2. The second-order valence-corrected chi connectivity index (χ2v) is 2.14. The predicted octanol–water partition coefficient (Wildman–Crippen LogP) is 2.16. The zero-order chi connectivity index (χ0) is 7.07. The van der Waals surface area contributed by atoms with E-state index in [0.29, 0.717) is 0 Å². The highest BCUT2D eigenvalue weighted by molar-refractivity contribution is 5.70. The van der Waals surface area contributed by atoms with Gasteiger partial charge in [-0.2, -0.15) is 5.11 Å². The molecule has 0 atom stereocenters. The first-order chi connectivity index (χ1) is 5.00. The van der Waals surface area contributed by atoms with Crippen LogP contribution >= 0.6 is 0 Å². The molecule has 1 heterocycles. The van der Waals surface area contributed by atoms with Crippen LogP contribution in [0.25, 0.3) is 0 Å². The van der Waals surface area contributed by atoms with Crippen LogP contribution in [0.3, 0.4) is 0 Å². The molecule has 10 heavy (non-hydrogen) atoms. The van der Waals surface area contributed by atoms with Crippen molar-refractivity contribution in [2.24, 2.45) is 15.4 Å². The number of hydrogen-bond donors (Lipinski definition) is 0. The molecule has 3 nitrogen and oxygen atoms in total. The SMILES string of the molecule is C1=CCCCCN=NN=C1. The Balaban J connectivity index is 2.40. The zero-order valence-electron chi connectivity index (χ0n) is 5.90. The monoisotopic (exact) mass is 137 g/mol. The van der Waals surface area contributed by atoms with Gasteiger partial charge in [-0.1, -0.05) is 6.08 Å². The molecule has 0 N–H and O–H groups in total. The fourth-order valence-electron chi connectivity index (χ4n) is 0.751. The van der Waals surface area contributed by atoms with Crippen LogP contribution in [0.1, 0.15) is 19.3 Å². The molecule has 0 aliphatic carbocycles. The predicted molar refractivity (Wildman–Crippen MR) is 41.2 cm³/mol. The van der Waals surface area contributed by atoms with E-state index in [4.69, 9.17) is 0 Å². The molecule has 1 aliphatic heterocycles. The van der Waals surface area contributed by atoms with Crippen molar-refractivity contribution < 1.29 is 0 Å². The van der Waals surface area contributed by atoms with E-state index in [0.717, 1.165) is 19.4 Å². The summed E-state index contributed by atoms with van der Waals surface area (Å²) in [6, 6.07) is 0. The third kappa shape index (κ3) is 3.12. The molecule has 1 aliphatic rings. The van der Waals surface area contributed by atoms with Gasteiger partial charge in [-0.3, -0.25) is 0 Å². The van der Waals surface area contributed by atoms with Crippen molar-refractivity contribution in [2.75, 3.05) is 6.54 Å². The molecule has 0 radical (unpaired) electrons. The standard InChI is InChI=1S/C7H11N3/c1-2-4-6-8-10-9-7-5-3-1/h2,4,6H,1,3,5,7H2. The van der Waals surface area contributed by atoms with E-state index in [9.17, 15) is 0 Å². The third-order valence-corrected chi connectivity index (χ3v) is 1.28. The van der Waals surface area contributed by atoms with Gasteiger partial charge in [-0.15, -0.1) is 5.10 Å². The fraction of sp³-hybridized carbons (Fsp3) is 0.571. The lowest BCUT2D eigenvalue weighted by Crippen LogP contribution is -1.80. The van der Waals surface area contributed by atoms with Crippen LogP contribution in [0.2, 0.25) is 0 Å². The van der Waals surface area contributed by atoms with E-state index in [1.165, 1.54) is 6.42 Å². The van der Waals surface area contributed by atoms with E-state index in [2.05, 4.69) is 21.5 Å². The summed E-state index contributed by atoms with van der Waals surface area (Å²) in [6.07, 6.45) is 9.11. The van der Waals surface area contributed by atoms with Gasteiger partial charge in [0, 0.05) is 0 Å². The minimum Gasteiger partial charge on any atom is -0.169 e. The maximum atomic E-state index is 3.83. The first-order valence-corrected chi connectivity index (χ1v) is 3.55. The minimum absolute atomic E-state index is 0.811. The Bertz CT molecular complexity index is 140. The van der Waals surface area contributed by atoms with Gasteiger partial charge in [-0.05, 0) is 30.6 Å². The van der Waals surface area contributed by atoms with Crippen LogP contribution in [0.5, 0.6) is 0 Å². The van der Waals surface area contributed by atoms with Gasteiger partial charge >= 0.3 is 0 Å². The average molecular weight is 137 g/mol. The van der Waals surface area contributed by atoms with E-state index < -0.39 is 0 Å². The maximum absolute atomic E-state index is 3.83. The Morgan fingerprint density at radius 1 is 1.20 bits per heavy atom. The van der Waals surface area contributed by atoms with Gasteiger partial charge in [0.15, 0.2) is 0 Å². The lowest BCUT2D eigenvalue weighted by molar-refractivity contribution is 0.728. The van der Waals surface area contributed by atoms with E-state index in [-0.39, 0.29) is 0 Å². The summed E-state index contributed by atoms with van der Waals surface area (Å²) in [5, 5.41) is 11.1. The maximum Gasteiger partial charge on any atom is 0.0621 e. The Hall–Kier alpha value is -0.990. The van der Waals surface area contributed by atoms with Crippen molar-refractivity contribution in [3.63, 3.8) is 0 Å². The molecular formula is C7H11N3. The van der Waals surface area contributed by atoms with Gasteiger partial charge in [0.2, 0.25) is 0 Å². The van der Waals surface area contributed by atoms with Crippen molar-refractivity contribution in [3.05, 3.63) is 12.2 Å². The summed E-state index contributed by atoms with van der Waals surface area (Å²) >= 11 is 0. The Morgan fingerprint density at radius 2 is 2.20 bits per heavy atom. The van der Waals surface area contributed by atoms with Gasteiger partial charge in [-0.25, -0.2) is 0 Å². The molecule has 3 heteroatoms. The first kappa shape index (κ1) is 7.12. The highest BCUT2D eigenvalue weighted by atomic mass is 15.4. The molecular weight excluding hydrogens is 126 g/mol. The van der Waals surface area contributed by atoms with Crippen LogP contribution in [-0.4, -0.2) is 12.8 Å². The molecule has 0 aromatic heterocycles. The molecule has 0 bridgehead atoms. The van der Waals surface area contributed by atoms with Crippen molar-refractivity contribution in [2.45, 2.75) is 19.3 Å². The number of nitrogens with zero attached hydrogens (tertiary/aromatic N) is 3. The summed E-state index contributed by atoms with van der Waals surface area (Å²) in [7, 11) is 0. The molecule has 0 aromatic rings. The smallest absolute Gasteiger partial charge is 0.0621 e. The highest BCUT2D eigenvalue weighted by Gasteiger charge is 1.84. The second kappa shape index (κ2) is 4.85. The Kier molecular flexibility index (Phi) is 3.45. The molecule has 0 amide bonds. The second-order valence-electron chi connectivity index (χ2n) is 2.14. The fourth-order valence-corrected chi connectivity index (χ4v) is 0.751. The van der Waals surface area contributed by atoms with Crippen LogP contribution in [0.15, 0.2) is 27.6 Å². The number of allylic oxidation sites excluding steroid dienone is 2. The quantitative estimate of drug-likeness (QED) is 0.490. The van der Waals surface area contributed by atoms with Gasteiger partial charge < -0.3 is 0 Å². The summed E-state index contributed by atoms with van der Waals surface area (Å²) in [5.41, 5.74) is 0. The van der Waals surface area contributed by atoms with Crippen LogP contribution in [-0.2, 0) is 0 Å². The molecule has 0 saturated carbocycles. The van der Waals surface area contributed by atoms with Gasteiger partial charge in [0.25, 0.3) is 0 Å². The van der Waals surface area contributed by atoms with Crippen LogP contribution in [0, 0.1) is 0 Å². The third-order valence-electron chi connectivity index (χ3n) is 1.28. The number of hydrogen-bond acceptors (Lipinski definition) is 3. The summed E-state index contributed by atoms with van der Waals surface area (Å²) in [5.74, 6) is 0. The molecule has 0 spiro atoms. The highest BCUT2D eigenvalue weighted by Crippen LogP contribution is 1.98. The van der Waals surface area contributed by atoms with E-state index in [1.54, 1.807) is 6.21 Å². The summed E-state index contributed by atoms with van der Waals surface area (Å²) < 4.78 is 0. The zero-order valence-corrected chi connectivity index (χ0v) is 5.90. The molecule has 0 fully saturated rings. The van der Waals surface area contributed by atoms with Crippen LogP contribution in [0.4, 0.5) is 0 Å². The minimum atomic E-state index is 0.811. The Labute approximate surface area is 60.5 Å². The first-order valence-electron chi connectivity index (χ1n) is 3.55. The molecule has 0 aromatic carbocycles. The topological polar surface area (TPSA) is 37.1 Å². The van der Waals surface area contributed by atoms with Crippen molar-refractivity contribution in [3.8, 4) is 0 Å². The lowest BCUT2D eigenvalue weighted by Gasteiger charge is -1.91. The summed E-state index contributed by atoms with van der Waals surface area (Å²) in [6.45, 7) is 0.811. The van der Waals surface area contributed by atoms with Crippen LogP contribution < -0.4 is 0 Å². The van der Waals surface area contributed by atoms with Crippen molar-refractivity contribution >= 4 is 6.21 Å². The molecule has 0 saturated heterocycles. The van der Waals surface area contributed by atoms with Crippen molar-refractivity contribution in [1.82, 2.24) is 0 Å². The molecule has 1 rings (SSSR count). The van der Waals surface area contributed by atoms with E-state index in [1.807, 2.05) is 6.08 Å². The summed E-state index contributed by atoms with van der Waals surface area (Å²) in [4.78, 5) is 0. The average Bonchev–Trinajstić information content (AvgIpc) is 2.01. The largest absolute Gasteiger partial charge is 0.169 e. The number of rotatable bonds is 0.